The molecule has 1 aliphatic rings. The summed E-state index contributed by atoms with van der Waals surface area (Å²) >= 11 is 0. The normalized spacial score (nSPS) is 13.0. The van der Waals surface area contributed by atoms with Gasteiger partial charge in [0.1, 0.15) is 22.3 Å². The highest BCUT2D eigenvalue weighted by Gasteiger charge is 2.22. The molecule has 0 unspecified atom stereocenters. The third kappa shape index (κ3) is 4.98. The van der Waals surface area contributed by atoms with Crippen LogP contribution in [-0.2, 0) is 0 Å². The van der Waals surface area contributed by atoms with Gasteiger partial charge in [-0.05, 0) is 41.8 Å². The SMILES string of the molecule is C1=CCC=C(c2ccc(-c3nc(-c4ccccc4)nc(-c4ccc(-c5cccc6c5oc5ccccc56)c5oc6ccccc6c45)n3)cc2)C=C1. The van der Waals surface area contributed by atoms with Crippen molar-refractivity contribution in [1.82, 2.24) is 15.0 Å². The summed E-state index contributed by atoms with van der Waals surface area (Å²) in [5.41, 5.74) is 10.2. The molecule has 3 heterocycles. The van der Waals surface area contributed by atoms with E-state index in [1.165, 1.54) is 5.57 Å². The average molecular weight is 656 g/mol. The topological polar surface area (TPSA) is 65.0 Å². The van der Waals surface area contributed by atoms with Crippen molar-refractivity contribution in [2.24, 2.45) is 0 Å². The van der Waals surface area contributed by atoms with E-state index in [0.717, 1.165) is 83.7 Å². The van der Waals surface area contributed by atoms with Crippen LogP contribution in [0.2, 0.25) is 0 Å². The number of hydrogen-bond donors (Lipinski definition) is 0. The minimum Gasteiger partial charge on any atom is -0.455 e. The van der Waals surface area contributed by atoms with E-state index in [4.69, 9.17) is 23.8 Å². The zero-order chi connectivity index (χ0) is 33.7. The first-order valence-corrected chi connectivity index (χ1v) is 17.1. The van der Waals surface area contributed by atoms with E-state index in [1.807, 2.05) is 66.7 Å². The maximum atomic E-state index is 6.70. The molecule has 5 nitrogen and oxygen atoms in total. The van der Waals surface area contributed by atoms with Crippen LogP contribution in [0.4, 0.5) is 0 Å². The van der Waals surface area contributed by atoms with Crippen molar-refractivity contribution >= 4 is 49.5 Å². The molecule has 6 aromatic carbocycles. The Bertz CT molecular complexity index is 2870. The largest absolute Gasteiger partial charge is 0.455 e. The van der Waals surface area contributed by atoms with Gasteiger partial charge in [-0.25, -0.2) is 15.0 Å². The van der Waals surface area contributed by atoms with Crippen molar-refractivity contribution in [3.05, 3.63) is 169 Å². The number of furan rings is 2. The Labute approximate surface area is 293 Å². The number of hydrogen-bond acceptors (Lipinski definition) is 5. The van der Waals surface area contributed by atoms with Crippen molar-refractivity contribution in [2.75, 3.05) is 0 Å². The number of para-hydroxylation sites is 3. The summed E-state index contributed by atoms with van der Waals surface area (Å²) in [7, 11) is 0. The lowest BCUT2D eigenvalue weighted by atomic mass is 9.96. The molecule has 0 saturated heterocycles. The predicted octanol–water partition coefficient (Wildman–Crippen LogP) is 12.2. The number of aromatic nitrogens is 3. The Morgan fingerprint density at radius 3 is 1.86 bits per heavy atom. The Hall–Kier alpha value is -6.85. The van der Waals surface area contributed by atoms with Crippen molar-refractivity contribution < 1.29 is 8.83 Å². The Morgan fingerprint density at radius 1 is 0.431 bits per heavy atom. The van der Waals surface area contributed by atoms with E-state index < -0.39 is 0 Å². The summed E-state index contributed by atoms with van der Waals surface area (Å²) in [6.45, 7) is 0. The van der Waals surface area contributed by atoms with Crippen molar-refractivity contribution in [1.29, 1.82) is 0 Å². The maximum absolute atomic E-state index is 6.70. The number of fused-ring (bicyclic) bond motifs is 6. The van der Waals surface area contributed by atoms with Crippen LogP contribution in [0, 0.1) is 0 Å². The highest BCUT2D eigenvalue weighted by Crippen LogP contribution is 2.44. The molecular formula is C46H29N3O2. The summed E-state index contributed by atoms with van der Waals surface area (Å²) in [5, 5.41) is 4.10. The Kier molecular flexibility index (Phi) is 6.81. The van der Waals surface area contributed by atoms with Crippen LogP contribution in [0.3, 0.4) is 0 Å². The van der Waals surface area contributed by atoms with Gasteiger partial charge in [-0.1, -0.05) is 140 Å². The third-order valence-electron chi connectivity index (χ3n) is 9.60. The lowest BCUT2D eigenvalue weighted by molar-refractivity contribution is 0.665. The Balaban J connectivity index is 1.19. The van der Waals surface area contributed by atoms with Crippen LogP contribution < -0.4 is 0 Å². The van der Waals surface area contributed by atoms with Crippen LogP contribution >= 0.6 is 0 Å². The van der Waals surface area contributed by atoms with Gasteiger partial charge in [-0.3, -0.25) is 0 Å². The van der Waals surface area contributed by atoms with Gasteiger partial charge < -0.3 is 8.83 Å². The minimum atomic E-state index is 0.577. The van der Waals surface area contributed by atoms with E-state index >= 15 is 0 Å². The highest BCUT2D eigenvalue weighted by atomic mass is 16.3. The summed E-state index contributed by atoms with van der Waals surface area (Å²) < 4.78 is 13.2. The van der Waals surface area contributed by atoms with E-state index in [-0.39, 0.29) is 0 Å². The maximum Gasteiger partial charge on any atom is 0.164 e. The molecule has 0 atom stereocenters. The number of nitrogens with zero attached hydrogens (tertiary/aromatic N) is 3. The van der Waals surface area contributed by atoms with Crippen LogP contribution in [0.1, 0.15) is 12.0 Å². The van der Waals surface area contributed by atoms with E-state index in [0.29, 0.717) is 17.5 Å². The molecule has 1 aliphatic carbocycles. The second-order valence-electron chi connectivity index (χ2n) is 12.7. The highest BCUT2D eigenvalue weighted by molar-refractivity contribution is 6.18. The third-order valence-corrected chi connectivity index (χ3v) is 9.60. The minimum absolute atomic E-state index is 0.577. The van der Waals surface area contributed by atoms with Gasteiger partial charge >= 0.3 is 0 Å². The van der Waals surface area contributed by atoms with Crippen molar-refractivity contribution in [3.8, 4) is 45.3 Å². The quantitative estimate of drug-likeness (QED) is 0.185. The second kappa shape index (κ2) is 11.9. The molecule has 240 valence electrons. The molecule has 5 heteroatoms. The first kappa shape index (κ1) is 29.1. The molecule has 0 spiro atoms. The molecule has 10 rings (SSSR count). The molecule has 9 aromatic rings. The molecule has 3 aromatic heterocycles. The molecule has 0 aliphatic heterocycles. The molecule has 0 N–H and O–H groups in total. The van der Waals surface area contributed by atoms with E-state index in [1.54, 1.807) is 0 Å². The lowest BCUT2D eigenvalue weighted by Crippen LogP contribution is -2.00. The first-order chi connectivity index (χ1) is 25.3. The summed E-state index contributed by atoms with van der Waals surface area (Å²) in [6, 6.07) is 45.3. The van der Waals surface area contributed by atoms with Crippen molar-refractivity contribution in [3.63, 3.8) is 0 Å². The Morgan fingerprint density at radius 2 is 1.04 bits per heavy atom. The molecule has 0 fully saturated rings. The smallest absolute Gasteiger partial charge is 0.164 e. The van der Waals surface area contributed by atoms with Gasteiger partial charge in [0.2, 0.25) is 0 Å². The molecule has 0 saturated carbocycles. The van der Waals surface area contributed by atoms with Gasteiger partial charge in [0.15, 0.2) is 17.5 Å². The average Bonchev–Trinajstić information content (AvgIpc) is 3.65. The first-order valence-electron chi connectivity index (χ1n) is 17.1. The summed E-state index contributed by atoms with van der Waals surface area (Å²) in [6.07, 6.45) is 11.6. The molecular weight excluding hydrogens is 627 g/mol. The zero-order valence-corrected chi connectivity index (χ0v) is 27.5. The fourth-order valence-corrected chi connectivity index (χ4v) is 7.13. The summed E-state index contributed by atoms with van der Waals surface area (Å²) in [4.78, 5) is 15.3. The standard InChI is InChI=1S/C46H29N3O2/c1-2-5-14-29(13-4-1)30-23-25-32(26-24-30)45-47-44(31-15-6-3-7-16-31)48-46(49-45)38-28-27-36(43-41(38)37-18-9-11-22-40(37)51-43)35-20-12-19-34-33-17-8-10-21-39(33)50-42(34)35/h1-4,6-28H,5H2. The second-order valence-corrected chi connectivity index (χ2v) is 12.7. The molecule has 51 heavy (non-hydrogen) atoms. The van der Waals surface area contributed by atoms with Gasteiger partial charge in [0.25, 0.3) is 0 Å². The van der Waals surface area contributed by atoms with Crippen LogP contribution in [0.25, 0.3) is 94.7 Å². The number of rotatable bonds is 5. The molecule has 0 radical (unpaired) electrons. The van der Waals surface area contributed by atoms with Gasteiger partial charge in [0.05, 0.1) is 0 Å². The van der Waals surface area contributed by atoms with Gasteiger partial charge in [0, 0.05) is 49.4 Å². The number of allylic oxidation sites excluding steroid dienone is 6. The summed E-state index contributed by atoms with van der Waals surface area (Å²) in [5.74, 6) is 1.79. The van der Waals surface area contributed by atoms with Gasteiger partial charge in [-0.15, -0.1) is 0 Å². The van der Waals surface area contributed by atoms with Crippen LogP contribution in [0.5, 0.6) is 0 Å². The fourth-order valence-electron chi connectivity index (χ4n) is 7.13. The van der Waals surface area contributed by atoms with Gasteiger partial charge in [-0.2, -0.15) is 0 Å². The fraction of sp³-hybridized carbons (Fsp3) is 0.0217. The van der Waals surface area contributed by atoms with Crippen LogP contribution in [-0.4, -0.2) is 15.0 Å². The van der Waals surface area contributed by atoms with E-state index in [9.17, 15) is 0 Å². The van der Waals surface area contributed by atoms with E-state index in [2.05, 4.69) is 97.1 Å². The lowest BCUT2D eigenvalue weighted by Gasteiger charge is -2.11. The monoisotopic (exact) mass is 655 g/mol. The zero-order valence-electron chi connectivity index (χ0n) is 27.5. The predicted molar refractivity (Wildman–Crippen MR) is 207 cm³/mol. The van der Waals surface area contributed by atoms with Crippen LogP contribution in [0.15, 0.2) is 173 Å². The van der Waals surface area contributed by atoms with Crippen molar-refractivity contribution in [2.45, 2.75) is 6.42 Å². The number of benzene rings is 6. The molecule has 0 amide bonds. The molecule has 0 bridgehead atoms.